The summed E-state index contributed by atoms with van der Waals surface area (Å²) in [7, 11) is 1.60. The van der Waals surface area contributed by atoms with E-state index < -0.39 is 11.8 Å². The molecule has 1 aliphatic heterocycles. The molecule has 9 heteroatoms. The average Bonchev–Trinajstić information content (AvgIpc) is 3.44. The number of halogens is 1. The van der Waals surface area contributed by atoms with Crippen molar-refractivity contribution in [2.75, 3.05) is 51.3 Å². The zero-order chi connectivity index (χ0) is 25.3. The molecule has 2 aromatic carbocycles. The topological polar surface area (TPSA) is 87.0 Å². The van der Waals surface area contributed by atoms with Gasteiger partial charge in [0.1, 0.15) is 17.3 Å². The maximum Gasteiger partial charge on any atom is 0.309 e. The molecule has 0 spiro atoms. The van der Waals surface area contributed by atoms with Gasteiger partial charge in [0.05, 0.1) is 25.1 Å². The van der Waals surface area contributed by atoms with Gasteiger partial charge in [-0.25, -0.2) is 4.39 Å². The second-order valence-corrected chi connectivity index (χ2v) is 8.53. The van der Waals surface area contributed by atoms with E-state index in [2.05, 4.69) is 15.5 Å². The predicted molar refractivity (Wildman–Crippen MR) is 134 cm³/mol. The van der Waals surface area contributed by atoms with Crippen molar-refractivity contribution in [3.8, 4) is 5.75 Å². The molecule has 2 N–H and O–H groups in total. The van der Waals surface area contributed by atoms with Crippen molar-refractivity contribution in [1.29, 1.82) is 0 Å². The van der Waals surface area contributed by atoms with Gasteiger partial charge in [-0.2, -0.15) is 0 Å². The van der Waals surface area contributed by atoms with Gasteiger partial charge in [0.2, 0.25) is 0 Å². The number of benzene rings is 2. The van der Waals surface area contributed by atoms with Gasteiger partial charge in [-0.3, -0.25) is 14.5 Å². The van der Waals surface area contributed by atoms with Gasteiger partial charge in [0.15, 0.2) is 0 Å². The summed E-state index contributed by atoms with van der Waals surface area (Å²) in [5.41, 5.74) is 1.54. The van der Waals surface area contributed by atoms with Crippen LogP contribution in [0.1, 0.15) is 17.4 Å². The number of rotatable bonds is 9. The fourth-order valence-electron chi connectivity index (χ4n) is 4.44. The third-order valence-corrected chi connectivity index (χ3v) is 6.35. The fourth-order valence-corrected chi connectivity index (χ4v) is 4.44. The van der Waals surface area contributed by atoms with Crippen molar-refractivity contribution in [3.63, 3.8) is 0 Å². The summed E-state index contributed by atoms with van der Waals surface area (Å²) in [6, 6.07) is 17.7. The molecule has 2 heterocycles. The zero-order valence-corrected chi connectivity index (χ0v) is 20.3. The van der Waals surface area contributed by atoms with Crippen LogP contribution in [0.5, 0.6) is 5.75 Å². The summed E-state index contributed by atoms with van der Waals surface area (Å²) in [5, 5.41) is 5.40. The summed E-state index contributed by atoms with van der Waals surface area (Å²) < 4.78 is 25.1. The molecule has 0 bridgehead atoms. The first-order valence-electron chi connectivity index (χ1n) is 12.0. The van der Waals surface area contributed by atoms with Gasteiger partial charge in [0.25, 0.3) is 0 Å². The van der Waals surface area contributed by atoms with Crippen LogP contribution in [0.15, 0.2) is 71.3 Å². The van der Waals surface area contributed by atoms with E-state index in [4.69, 9.17) is 9.15 Å². The number of piperazine rings is 1. The van der Waals surface area contributed by atoms with E-state index in [1.807, 2.05) is 41.3 Å². The molecule has 1 atom stereocenters. The smallest absolute Gasteiger partial charge is 0.309 e. The lowest BCUT2D eigenvalue weighted by Gasteiger charge is -2.39. The molecule has 36 heavy (non-hydrogen) atoms. The Hall–Kier alpha value is -3.85. The normalized spacial score (nSPS) is 14.8. The molecular formula is C27H31FN4O4. The Kier molecular flexibility index (Phi) is 8.57. The second-order valence-electron chi connectivity index (χ2n) is 8.53. The lowest BCUT2D eigenvalue weighted by molar-refractivity contribution is -0.139. The second kappa shape index (κ2) is 12.2. The highest BCUT2D eigenvalue weighted by molar-refractivity contribution is 6.35. The lowest BCUT2D eigenvalue weighted by Crippen LogP contribution is -2.51. The molecule has 4 rings (SSSR count). The third kappa shape index (κ3) is 6.23. The standard InChI is InChI=1S/C27H31FN4O4/c1-35-24-10-5-2-7-20(24)12-13-29-26(33)27(34)30-19-23(25-11-6-18-36-25)32-16-14-31(15-17-32)22-9-4-3-8-21(22)28/h2-11,18,23H,12-17,19H2,1H3,(H,29,33)(H,30,34). The quantitative estimate of drug-likeness (QED) is 0.445. The van der Waals surface area contributed by atoms with Crippen LogP contribution in [-0.4, -0.2) is 63.1 Å². The lowest BCUT2D eigenvalue weighted by atomic mass is 10.1. The highest BCUT2D eigenvalue weighted by atomic mass is 19.1. The Morgan fingerprint density at radius 3 is 2.42 bits per heavy atom. The van der Waals surface area contributed by atoms with Crippen molar-refractivity contribution in [3.05, 3.63) is 84.1 Å². The van der Waals surface area contributed by atoms with Crippen LogP contribution in [0.2, 0.25) is 0 Å². The van der Waals surface area contributed by atoms with E-state index in [1.165, 1.54) is 6.07 Å². The van der Waals surface area contributed by atoms with Crippen LogP contribution in [-0.2, 0) is 16.0 Å². The van der Waals surface area contributed by atoms with E-state index in [0.29, 0.717) is 50.6 Å². The number of hydrogen-bond donors (Lipinski definition) is 2. The van der Waals surface area contributed by atoms with Crippen molar-refractivity contribution in [1.82, 2.24) is 15.5 Å². The first-order chi connectivity index (χ1) is 17.6. The molecule has 190 valence electrons. The molecule has 0 radical (unpaired) electrons. The number of carbonyl (C=O) groups is 2. The average molecular weight is 495 g/mol. The van der Waals surface area contributed by atoms with Gasteiger partial charge in [-0.15, -0.1) is 0 Å². The largest absolute Gasteiger partial charge is 0.496 e. The summed E-state index contributed by atoms with van der Waals surface area (Å²) >= 11 is 0. The van der Waals surface area contributed by atoms with Gasteiger partial charge < -0.3 is 24.7 Å². The molecule has 3 aromatic rings. The Balaban J connectivity index is 1.29. The first kappa shape index (κ1) is 25.2. The predicted octanol–water partition coefficient (Wildman–Crippen LogP) is 2.77. The SMILES string of the molecule is COc1ccccc1CCNC(=O)C(=O)NCC(c1ccco1)N1CCN(c2ccccc2F)CC1. The molecule has 1 aliphatic rings. The van der Waals surface area contributed by atoms with Gasteiger partial charge in [0, 0.05) is 39.3 Å². The molecule has 1 aromatic heterocycles. The molecule has 0 saturated carbocycles. The number of hydrogen-bond acceptors (Lipinski definition) is 6. The van der Waals surface area contributed by atoms with Crippen molar-refractivity contribution >= 4 is 17.5 Å². The van der Waals surface area contributed by atoms with Crippen LogP contribution < -0.4 is 20.3 Å². The Morgan fingerprint density at radius 2 is 1.69 bits per heavy atom. The third-order valence-electron chi connectivity index (χ3n) is 6.35. The Labute approximate surface area is 210 Å². The summed E-state index contributed by atoms with van der Waals surface area (Å²) in [6.07, 6.45) is 2.13. The van der Waals surface area contributed by atoms with Crippen LogP contribution >= 0.6 is 0 Å². The maximum atomic E-state index is 14.2. The molecule has 1 saturated heterocycles. The zero-order valence-electron chi connectivity index (χ0n) is 20.3. The molecular weight excluding hydrogens is 463 g/mol. The molecule has 8 nitrogen and oxygen atoms in total. The van der Waals surface area contributed by atoms with Crippen molar-refractivity contribution in [2.45, 2.75) is 12.5 Å². The number of furan rings is 1. The van der Waals surface area contributed by atoms with Crippen LogP contribution in [0.3, 0.4) is 0 Å². The minimum Gasteiger partial charge on any atom is -0.496 e. The van der Waals surface area contributed by atoms with Crippen LogP contribution in [0.25, 0.3) is 0 Å². The monoisotopic (exact) mass is 494 g/mol. The number of ether oxygens (including phenoxy) is 1. The fraction of sp³-hybridized carbons (Fsp3) is 0.333. The highest BCUT2D eigenvalue weighted by Gasteiger charge is 2.28. The minimum atomic E-state index is -0.698. The van der Waals surface area contributed by atoms with E-state index in [-0.39, 0.29) is 18.4 Å². The van der Waals surface area contributed by atoms with Crippen molar-refractivity contribution < 1.29 is 23.1 Å². The first-order valence-corrected chi connectivity index (χ1v) is 12.0. The van der Waals surface area contributed by atoms with E-state index in [1.54, 1.807) is 31.6 Å². The molecule has 2 amide bonds. The molecule has 1 unspecified atom stereocenters. The number of amides is 2. The summed E-state index contributed by atoms with van der Waals surface area (Å²) in [6.45, 7) is 3.10. The summed E-state index contributed by atoms with van der Waals surface area (Å²) in [4.78, 5) is 29.0. The number of methoxy groups -OCH3 is 1. The maximum absolute atomic E-state index is 14.2. The summed E-state index contributed by atoms with van der Waals surface area (Å²) in [5.74, 6) is -0.180. The minimum absolute atomic E-state index is 0.214. The molecule has 1 fully saturated rings. The van der Waals surface area contributed by atoms with Crippen LogP contribution in [0, 0.1) is 5.82 Å². The highest BCUT2D eigenvalue weighted by Crippen LogP contribution is 2.25. The van der Waals surface area contributed by atoms with Gasteiger partial charge in [-0.05, 0) is 42.3 Å². The van der Waals surface area contributed by atoms with Gasteiger partial charge >= 0.3 is 11.8 Å². The number of nitrogens with one attached hydrogen (secondary N) is 2. The van der Waals surface area contributed by atoms with Crippen LogP contribution in [0.4, 0.5) is 10.1 Å². The van der Waals surface area contributed by atoms with E-state index in [0.717, 1.165) is 11.3 Å². The van der Waals surface area contributed by atoms with E-state index in [9.17, 15) is 14.0 Å². The number of para-hydroxylation sites is 2. The Bertz CT molecular complexity index is 1150. The van der Waals surface area contributed by atoms with E-state index >= 15 is 0 Å². The number of nitrogens with zero attached hydrogens (tertiary/aromatic N) is 2. The van der Waals surface area contributed by atoms with Crippen molar-refractivity contribution in [2.24, 2.45) is 0 Å². The number of anilines is 1. The molecule has 0 aliphatic carbocycles. The Morgan fingerprint density at radius 1 is 0.972 bits per heavy atom. The van der Waals surface area contributed by atoms with Gasteiger partial charge in [-0.1, -0.05) is 30.3 Å². The number of carbonyl (C=O) groups excluding carboxylic acids is 2.